The van der Waals surface area contributed by atoms with E-state index in [4.69, 9.17) is 37.1 Å². The van der Waals surface area contributed by atoms with Crippen molar-refractivity contribution >= 4 is 44.2 Å². The molecule has 0 saturated heterocycles. The quantitative estimate of drug-likeness (QED) is 0.366. The Balaban J connectivity index is 2.20. The first-order chi connectivity index (χ1) is 14.0. The number of hydrogen-bond acceptors (Lipinski definition) is 5. The molecule has 3 heterocycles. The third-order valence-corrected chi connectivity index (χ3v) is 6.84. The van der Waals surface area contributed by atoms with Gasteiger partial charge in [0.05, 0.1) is 0 Å². The van der Waals surface area contributed by atoms with Crippen molar-refractivity contribution in [1.82, 2.24) is 27.8 Å². The van der Waals surface area contributed by atoms with Crippen molar-refractivity contribution in [1.29, 1.82) is 0 Å². The molecule has 1 unspecified atom stereocenters. The minimum atomic E-state index is -0.279. The van der Waals surface area contributed by atoms with Crippen LogP contribution in [0.1, 0.15) is 62.3 Å². The van der Waals surface area contributed by atoms with Gasteiger partial charge < -0.3 is 27.8 Å². The fourth-order valence-electron chi connectivity index (χ4n) is 3.79. The topological polar surface area (TPSA) is 26.2 Å². The zero-order valence-corrected chi connectivity index (χ0v) is 22.6. The van der Waals surface area contributed by atoms with Crippen LogP contribution in [-0.4, -0.2) is 46.0 Å². The molecule has 3 rings (SSSR count). The molecule has 0 aromatic carbocycles. The Kier molecular flexibility index (Phi) is 6.17. The predicted octanol–water partition coefficient (Wildman–Crippen LogP) is 5.34. The summed E-state index contributed by atoms with van der Waals surface area (Å²) in [5, 5.41) is 0. The van der Waals surface area contributed by atoms with E-state index in [1.54, 1.807) is 0 Å². The van der Waals surface area contributed by atoms with Crippen molar-refractivity contribution in [2.24, 2.45) is 0 Å². The van der Waals surface area contributed by atoms with Gasteiger partial charge >= 0.3 is 7.12 Å². The van der Waals surface area contributed by atoms with E-state index in [1.165, 1.54) is 0 Å². The summed E-state index contributed by atoms with van der Waals surface area (Å²) in [6.07, 6.45) is 12.4. The predicted molar refractivity (Wildman–Crippen MR) is 138 cm³/mol. The molecule has 0 amide bonds. The van der Waals surface area contributed by atoms with Gasteiger partial charge in [-0.3, -0.25) is 0 Å². The van der Waals surface area contributed by atoms with Gasteiger partial charge in [-0.15, -0.1) is 12.6 Å². The van der Waals surface area contributed by atoms with Gasteiger partial charge in [-0.05, 0) is 86.7 Å². The summed E-state index contributed by atoms with van der Waals surface area (Å²) < 4.78 is 9.92. The van der Waals surface area contributed by atoms with Crippen LogP contribution in [0.25, 0.3) is 0 Å². The molecule has 2 aromatic heterocycles. The van der Waals surface area contributed by atoms with Gasteiger partial charge in [0.2, 0.25) is 0 Å². The molecule has 0 radical (unpaired) electrons. The zero-order chi connectivity index (χ0) is 23.5. The van der Waals surface area contributed by atoms with Crippen LogP contribution in [0.15, 0.2) is 37.2 Å². The van der Waals surface area contributed by atoms with Crippen LogP contribution in [0.4, 0.5) is 0 Å². The van der Waals surface area contributed by atoms with Gasteiger partial charge in [-0.2, -0.15) is 0 Å². The van der Waals surface area contributed by atoms with Crippen molar-refractivity contribution in [2.75, 3.05) is 0 Å². The highest BCUT2D eigenvalue weighted by Gasteiger charge is 2.41. The van der Waals surface area contributed by atoms with E-state index in [-0.39, 0.29) is 29.2 Å². The second-order valence-electron chi connectivity index (χ2n) is 11.1. The van der Waals surface area contributed by atoms with Crippen LogP contribution in [0, 0.1) is 9.54 Å². The SMILES string of the molecule is CC(C)(C)N1C=CN(B(n2ccn(C(C)(C)C)c2=S)n2ccn(C(C)(C)C)c2=S)C1S. The second kappa shape index (κ2) is 7.88. The van der Waals surface area contributed by atoms with Crippen LogP contribution in [-0.2, 0) is 11.1 Å². The minimum Gasteiger partial charge on any atom is -0.352 e. The molecule has 0 fully saturated rings. The maximum absolute atomic E-state index is 5.93. The van der Waals surface area contributed by atoms with E-state index in [0.29, 0.717) is 0 Å². The largest absolute Gasteiger partial charge is 0.518 e. The van der Waals surface area contributed by atoms with Gasteiger partial charge in [0.1, 0.15) is 5.50 Å². The summed E-state index contributed by atoms with van der Waals surface area (Å²) in [6, 6.07) is 0. The lowest BCUT2D eigenvalue weighted by Gasteiger charge is -2.40. The first kappa shape index (κ1) is 24.3. The summed E-state index contributed by atoms with van der Waals surface area (Å²) in [6.45, 7) is 19.5. The molecule has 0 saturated carbocycles. The number of nitrogens with zero attached hydrogens (tertiary/aromatic N) is 6. The van der Waals surface area contributed by atoms with E-state index in [1.807, 2.05) is 12.4 Å². The lowest BCUT2D eigenvalue weighted by molar-refractivity contribution is 0.168. The number of thiol groups is 1. The number of rotatable bonds is 3. The first-order valence-corrected chi connectivity index (χ1v) is 11.9. The van der Waals surface area contributed by atoms with E-state index >= 15 is 0 Å². The van der Waals surface area contributed by atoms with Gasteiger partial charge in [0, 0.05) is 53.8 Å². The average Bonchev–Trinajstić information content (AvgIpc) is 3.26. The Labute approximate surface area is 202 Å². The van der Waals surface area contributed by atoms with Crippen LogP contribution in [0.2, 0.25) is 0 Å². The molecule has 0 bridgehead atoms. The zero-order valence-electron chi connectivity index (χ0n) is 20.1. The second-order valence-corrected chi connectivity index (χ2v) is 12.3. The molecule has 1 aliphatic rings. The van der Waals surface area contributed by atoms with Crippen molar-refractivity contribution in [3.63, 3.8) is 0 Å². The molecule has 10 heteroatoms. The lowest BCUT2D eigenvalue weighted by Crippen LogP contribution is -2.55. The van der Waals surface area contributed by atoms with Gasteiger partial charge in [-0.25, -0.2) is 0 Å². The van der Waals surface area contributed by atoms with Gasteiger partial charge in [-0.1, -0.05) is 0 Å². The van der Waals surface area contributed by atoms with E-state index in [9.17, 15) is 0 Å². The molecule has 0 aliphatic carbocycles. The third-order valence-electron chi connectivity index (χ3n) is 5.51. The van der Waals surface area contributed by atoms with Crippen LogP contribution in [0.3, 0.4) is 0 Å². The molecular weight excluding hydrogens is 443 g/mol. The Bertz CT molecular complexity index is 1020. The van der Waals surface area contributed by atoms with Crippen molar-refractivity contribution in [3.8, 4) is 0 Å². The molecule has 1 atom stereocenters. The first-order valence-electron chi connectivity index (χ1n) is 10.6. The molecule has 0 N–H and O–H groups in total. The van der Waals surface area contributed by atoms with Crippen molar-refractivity contribution in [3.05, 3.63) is 46.7 Å². The van der Waals surface area contributed by atoms with Crippen LogP contribution >= 0.6 is 37.1 Å². The fraction of sp³-hybridized carbons (Fsp3) is 0.619. The smallest absolute Gasteiger partial charge is 0.352 e. The van der Waals surface area contributed by atoms with Crippen molar-refractivity contribution in [2.45, 2.75) is 84.4 Å². The van der Waals surface area contributed by atoms with Crippen molar-refractivity contribution < 1.29 is 0 Å². The molecule has 31 heavy (non-hydrogen) atoms. The lowest BCUT2D eigenvalue weighted by atomic mass is 9.90. The number of hydrogen-bond donors (Lipinski definition) is 1. The van der Waals surface area contributed by atoms with Crippen LogP contribution < -0.4 is 0 Å². The molecule has 6 nitrogen and oxygen atoms in total. The third kappa shape index (κ3) is 4.43. The van der Waals surface area contributed by atoms with E-state index in [0.717, 1.165) is 9.54 Å². The van der Waals surface area contributed by atoms with E-state index < -0.39 is 0 Å². The van der Waals surface area contributed by atoms with Gasteiger partial charge in [0.25, 0.3) is 0 Å². The highest BCUT2D eigenvalue weighted by atomic mass is 32.1. The standard InChI is InChI=1S/C21H35BN6S3/c1-19(2,3)23-10-13-26(16(23)29)22(27-14-11-24(17(27)30)20(4,5)6)28-15-12-25(18(28)31)21(7,8)9/h10-16,29H,1-9H3. The maximum atomic E-state index is 5.93. The molecule has 170 valence electrons. The van der Waals surface area contributed by atoms with Gasteiger partial charge in [0.15, 0.2) is 9.54 Å². The minimum absolute atomic E-state index is 0.0696. The van der Waals surface area contributed by atoms with E-state index in [2.05, 4.69) is 115 Å². The molecule has 1 aliphatic heterocycles. The average molecular weight is 479 g/mol. The Morgan fingerprint density at radius 2 is 1.13 bits per heavy atom. The molecule has 2 aromatic rings. The Morgan fingerprint density at radius 3 is 1.42 bits per heavy atom. The molecular formula is C21H35BN6S3. The summed E-state index contributed by atoms with van der Waals surface area (Å²) in [4.78, 5) is 4.43. The normalized spacial score (nSPS) is 17.7. The Hall–Kier alpha value is -1.39. The number of aromatic nitrogens is 4. The highest BCUT2D eigenvalue weighted by Crippen LogP contribution is 2.30. The summed E-state index contributed by atoms with van der Waals surface area (Å²) in [5.41, 5.74) is -0.473. The Morgan fingerprint density at radius 1 is 0.710 bits per heavy atom. The monoisotopic (exact) mass is 478 g/mol. The fourth-order valence-corrected chi connectivity index (χ4v) is 5.39. The molecule has 0 spiro atoms. The van der Waals surface area contributed by atoms with Crippen LogP contribution in [0.5, 0.6) is 0 Å². The summed E-state index contributed by atoms with van der Waals surface area (Å²) in [5.74, 6) is 0. The highest BCUT2D eigenvalue weighted by molar-refractivity contribution is 7.80. The summed E-state index contributed by atoms with van der Waals surface area (Å²) >= 11 is 16.9. The summed E-state index contributed by atoms with van der Waals surface area (Å²) in [7, 11) is -0.279. The number of imidazole rings is 2. The maximum Gasteiger partial charge on any atom is 0.518 e.